The number of para-hydroxylation sites is 1. The normalized spacial score (nSPS) is 11.1. The Balaban J connectivity index is 1.99. The molecule has 4 aromatic rings. The largest absolute Gasteiger partial charge is 0.493 e. The number of benzene rings is 1. The lowest BCUT2D eigenvalue weighted by Gasteiger charge is -2.13. The maximum atomic E-state index is 13.4. The van der Waals surface area contributed by atoms with Gasteiger partial charge in [-0.1, -0.05) is 32.0 Å². The SMILES string of the molecule is CCCOc1ccccc1-c1nc2c(CC)nn(-c3ccccn3)c2c(=O)n1C. The first kappa shape index (κ1) is 18.9. The van der Waals surface area contributed by atoms with Crippen molar-refractivity contribution in [3.8, 4) is 23.0 Å². The average molecular weight is 389 g/mol. The van der Waals surface area contributed by atoms with Crippen LogP contribution in [0, 0.1) is 0 Å². The molecule has 3 aromatic heterocycles. The molecule has 0 saturated carbocycles. The third-order valence-corrected chi connectivity index (χ3v) is 4.76. The van der Waals surface area contributed by atoms with Gasteiger partial charge in [0, 0.05) is 13.2 Å². The summed E-state index contributed by atoms with van der Waals surface area (Å²) in [5.41, 5.74) is 2.40. The van der Waals surface area contributed by atoms with E-state index in [0.717, 1.165) is 17.7 Å². The van der Waals surface area contributed by atoms with E-state index in [1.807, 2.05) is 49.4 Å². The molecule has 7 heteroatoms. The van der Waals surface area contributed by atoms with Crippen molar-refractivity contribution in [3.63, 3.8) is 0 Å². The van der Waals surface area contributed by atoms with Crippen LogP contribution in [0.25, 0.3) is 28.2 Å². The number of hydrogen-bond donors (Lipinski definition) is 0. The Morgan fingerprint density at radius 2 is 1.86 bits per heavy atom. The molecule has 0 bridgehead atoms. The van der Waals surface area contributed by atoms with Crippen molar-refractivity contribution in [2.75, 3.05) is 6.61 Å². The fourth-order valence-electron chi connectivity index (χ4n) is 3.31. The van der Waals surface area contributed by atoms with Gasteiger partial charge in [-0.15, -0.1) is 0 Å². The molecule has 0 amide bonds. The quantitative estimate of drug-likeness (QED) is 0.504. The van der Waals surface area contributed by atoms with Crippen LogP contribution in [0.3, 0.4) is 0 Å². The Morgan fingerprint density at radius 1 is 1.07 bits per heavy atom. The number of pyridine rings is 1. The van der Waals surface area contributed by atoms with E-state index in [2.05, 4.69) is 17.0 Å². The smallest absolute Gasteiger partial charge is 0.280 e. The molecule has 0 aliphatic rings. The van der Waals surface area contributed by atoms with Crippen LogP contribution >= 0.6 is 0 Å². The maximum absolute atomic E-state index is 13.4. The highest BCUT2D eigenvalue weighted by atomic mass is 16.5. The van der Waals surface area contributed by atoms with Gasteiger partial charge >= 0.3 is 0 Å². The Kier molecular flexibility index (Phi) is 5.12. The lowest BCUT2D eigenvalue weighted by atomic mass is 10.1. The number of aryl methyl sites for hydroxylation is 1. The molecular weight excluding hydrogens is 366 g/mol. The van der Waals surface area contributed by atoms with Crippen molar-refractivity contribution in [3.05, 3.63) is 64.7 Å². The second-order valence-electron chi connectivity index (χ2n) is 6.74. The van der Waals surface area contributed by atoms with Crippen molar-refractivity contribution in [2.45, 2.75) is 26.7 Å². The van der Waals surface area contributed by atoms with E-state index in [4.69, 9.17) is 9.72 Å². The topological polar surface area (TPSA) is 74.8 Å². The van der Waals surface area contributed by atoms with E-state index in [1.54, 1.807) is 22.5 Å². The second-order valence-corrected chi connectivity index (χ2v) is 6.74. The zero-order valence-electron chi connectivity index (χ0n) is 16.8. The molecule has 0 spiro atoms. The molecular formula is C22H23N5O2. The highest BCUT2D eigenvalue weighted by Gasteiger charge is 2.21. The van der Waals surface area contributed by atoms with Gasteiger partial charge < -0.3 is 4.74 Å². The number of hydrogen-bond acceptors (Lipinski definition) is 5. The van der Waals surface area contributed by atoms with Crippen LogP contribution in [0.15, 0.2) is 53.5 Å². The second kappa shape index (κ2) is 7.87. The van der Waals surface area contributed by atoms with Crippen LogP contribution < -0.4 is 10.3 Å². The third-order valence-electron chi connectivity index (χ3n) is 4.76. The Hall–Kier alpha value is -3.48. The maximum Gasteiger partial charge on any atom is 0.280 e. The number of nitrogens with zero attached hydrogens (tertiary/aromatic N) is 5. The van der Waals surface area contributed by atoms with Gasteiger partial charge in [-0.2, -0.15) is 5.10 Å². The van der Waals surface area contributed by atoms with Crippen molar-refractivity contribution >= 4 is 11.0 Å². The van der Waals surface area contributed by atoms with Crippen LogP contribution in [0.2, 0.25) is 0 Å². The van der Waals surface area contributed by atoms with Crippen molar-refractivity contribution < 1.29 is 4.74 Å². The predicted octanol–water partition coefficient (Wildman–Crippen LogP) is 3.53. The van der Waals surface area contributed by atoms with Gasteiger partial charge in [-0.25, -0.2) is 14.6 Å². The van der Waals surface area contributed by atoms with Gasteiger partial charge in [0.15, 0.2) is 11.3 Å². The molecule has 3 heterocycles. The fourth-order valence-corrected chi connectivity index (χ4v) is 3.31. The molecule has 0 unspecified atom stereocenters. The molecule has 0 radical (unpaired) electrons. The van der Waals surface area contributed by atoms with Crippen LogP contribution in [0.5, 0.6) is 5.75 Å². The molecule has 1 aromatic carbocycles. The van der Waals surface area contributed by atoms with Gasteiger partial charge in [0.05, 0.1) is 17.9 Å². The molecule has 4 rings (SSSR count). The van der Waals surface area contributed by atoms with Gasteiger partial charge in [0.2, 0.25) is 0 Å². The standard InChI is InChI=1S/C22H23N5O2/c1-4-14-29-17-11-7-6-10-15(17)21-24-19-16(5-2)25-27(18-12-8-9-13-23-18)20(19)22(28)26(21)3/h6-13H,4-5,14H2,1-3H3. The molecule has 29 heavy (non-hydrogen) atoms. The Morgan fingerprint density at radius 3 is 2.59 bits per heavy atom. The molecule has 7 nitrogen and oxygen atoms in total. The summed E-state index contributed by atoms with van der Waals surface area (Å²) in [6.07, 6.45) is 3.24. The molecule has 0 aliphatic carbocycles. The summed E-state index contributed by atoms with van der Waals surface area (Å²) in [5.74, 6) is 1.87. The number of fused-ring (bicyclic) bond motifs is 1. The summed E-state index contributed by atoms with van der Waals surface area (Å²) in [7, 11) is 1.72. The zero-order valence-corrected chi connectivity index (χ0v) is 16.8. The van der Waals surface area contributed by atoms with Crippen LogP contribution in [0.1, 0.15) is 26.0 Å². The number of aromatic nitrogens is 5. The minimum Gasteiger partial charge on any atom is -0.493 e. The lowest BCUT2D eigenvalue weighted by Crippen LogP contribution is -2.22. The van der Waals surface area contributed by atoms with Gasteiger partial charge in [-0.05, 0) is 37.1 Å². The first-order valence-electron chi connectivity index (χ1n) is 9.77. The lowest BCUT2D eigenvalue weighted by molar-refractivity contribution is 0.318. The Bertz CT molecular complexity index is 1210. The van der Waals surface area contributed by atoms with Crippen LogP contribution in [0.4, 0.5) is 0 Å². The van der Waals surface area contributed by atoms with E-state index in [-0.39, 0.29) is 5.56 Å². The van der Waals surface area contributed by atoms with Crippen LogP contribution in [-0.4, -0.2) is 30.9 Å². The molecule has 0 N–H and O–H groups in total. The summed E-state index contributed by atoms with van der Waals surface area (Å²) in [4.78, 5) is 22.6. The number of ether oxygens (including phenoxy) is 1. The van der Waals surface area contributed by atoms with Crippen LogP contribution in [-0.2, 0) is 13.5 Å². The van der Waals surface area contributed by atoms with E-state index in [0.29, 0.717) is 41.5 Å². The summed E-state index contributed by atoms with van der Waals surface area (Å²) >= 11 is 0. The van der Waals surface area contributed by atoms with Gasteiger partial charge in [0.25, 0.3) is 5.56 Å². The van der Waals surface area contributed by atoms with Gasteiger partial charge in [-0.3, -0.25) is 9.36 Å². The summed E-state index contributed by atoms with van der Waals surface area (Å²) in [6, 6.07) is 13.2. The summed E-state index contributed by atoms with van der Waals surface area (Å²) in [6.45, 7) is 4.66. The monoisotopic (exact) mass is 389 g/mol. The average Bonchev–Trinajstić information content (AvgIpc) is 3.14. The zero-order chi connectivity index (χ0) is 20.4. The van der Waals surface area contributed by atoms with E-state index in [1.165, 1.54) is 0 Å². The predicted molar refractivity (Wildman–Crippen MR) is 113 cm³/mol. The van der Waals surface area contributed by atoms with Crippen molar-refractivity contribution in [1.29, 1.82) is 0 Å². The molecule has 148 valence electrons. The van der Waals surface area contributed by atoms with Crippen molar-refractivity contribution in [1.82, 2.24) is 24.3 Å². The number of rotatable bonds is 6. The fraction of sp³-hybridized carbons (Fsp3) is 0.273. The summed E-state index contributed by atoms with van der Waals surface area (Å²) < 4.78 is 9.04. The molecule has 0 fully saturated rings. The van der Waals surface area contributed by atoms with E-state index < -0.39 is 0 Å². The molecule has 0 saturated heterocycles. The first-order chi connectivity index (χ1) is 14.2. The van der Waals surface area contributed by atoms with E-state index in [9.17, 15) is 4.79 Å². The Labute approximate surface area is 168 Å². The van der Waals surface area contributed by atoms with E-state index >= 15 is 0 Å². The van der Waals surface area contributed by atoms with Gasteiger partial charge in [0.1, 0.15) is 17.1 Å². The van der Waals surface area contributed by atoms with Crippen molar-refractivity contribution in [2.24, 2.45) is 7.05 Å². The minimum absolute atomic E-state index is 0.173. The highest BCUT2D eigenvalue weighted by Crippen LogP contribution is 2.29. The molecule has 0 aliphatic heterocycles. The summed E-state index contributed by atoms with van der Waals surface area (Å²) in [5, 5.41) is 4.63. The first-order valence-corrected chi connectivity index (χ1v) is 9.77. The minimum atomic E-state index is -0.173. The highest BCUT2D eigenvalue weighted by molar-refractivity contribution is 5.81. The third kappa shape index (κ3) is 3.29. The molecule has 0 atom stereocenters.